The molecule has 0 unspecified atom stereocenters. The van der Waals surface area contributed by atoms with Crippen LogP contribution in [0.4, 0.5) is 5.82 Å². The van der Waals surface area contributed by atoms with Crippen molar-refractivity contribution in [3.63, 3.8) is 0 Å². The van der Waals surface area contributed by atoms with E-state index >= 15 is 0 Å². The summed E-state index contributed by atoms with van der Waals surface area (Å²) in [6, 6.07) is 18.9. The molecule has 0 radical (unpaired) electrons. The molecule has 1 aromatic heterocycles. The van der Waals surface area contributed by atoms with Gasteiger partial charge in [0.05, 0.1) is 13.3 Å². The molecule has 3 aromatic rings. The van der Waals surface area contributed by atoms with Crippen molar-refractivity contribution in [2.24, 2.45) is 4.99 Å². The summed E-state index contributed by atoms with van der Waals surface area (Å²) < 4.78 is 5.06. The number of nitrogens with zero attached hydrogens (tertiary/aromatic N) is 2. The van der Waals surface area contributed by atoms with Gasteiger partial charge < -0.3 is 9.84 Å². The van der Waals surface area contributed by atoms with Crippen LogP contribution in [-0.2, 0) is 14.4 Å². The molecule has 7 heteroatoms. The minimum atomic E-state index is -0.368. The van der Waals surface area contributed by atoms with Gasteiger partial charge in [0.15, 0.2) is 5.82 Å². The number of methoxy groups -OCH3 is 1. The molecule has 0 saturated carbocycles. The number of aromatic hydroxyl groups is 1. The first-order valence-electron chi connectivity index (χ1n) is 7.53. The Bertz CT molecular complexity index is 844. The third-order valence-corrected chi connectivity index (χ3v) is 3.44. The van der Waals surface area contributed by atoms with Crippen LogP contribution >= 0.6 is 19.7 Å². The number of ether oxygens (including phenoxy) is 1. The van der Waals surface area contributed by atoms with Gasteiger partial charge in [0.2, 0.25) is 0 Å². The number of pyridine rings is 1. The summed E-state index contributed by atoms with van der Waals surface area (Å²) in [5.74, 6) is 1.43. The van der Waals surface area contributed by atoms with Gasteiger partial charge in [-0.2, -0.15) is 0 Å². The van der Waals surface area contributed by atoms with Crippen molar-refractivity contribution in [3.05, 3.63) is 72.4 Å². The van der Waals surface area contributed by atoms with Crippen molar-refractivity contribution in [1.29, 1.82) is 0 Å². The van der Waals surface area contributed by atoms with Crippen LogP contribution < -0.4 is 4.74 Å². The molecule has 4 nitrogen and oxygen atoms in total. The van der Waals surface area contributed by atoms with Gasteiger partial charge in [-0.1, -0.05) is 42.5 Å². The van der Waals surface area contributed by atoms with Crippen LogP contribution in [-0.4, -0.2) is 23.4 Å². The maximum atomic E-state index is 10.5. The fourth-order valence-corrected chi connectivity index (χ4v) is 2.22. The number of phenolic OH excluding ortho intramolecular Hbond substituents is 1. The molecular formula is C19H16Cl2N2O2V. The first-order valence-corrected chi connectivity index (χ1v) is 11.4. The second-order valence-electron chi connectivity index (χ2n) is 4.99. The van der Waals surface area contributed by atoms with Crippen molar-refractivity contribution in [3.8, 4) is 22.6 Å². The van der Waals surface area contributed by atoms with E-state index in [-0.39, 0.29) is 20.1 Å². The van der Waals surface area contributed by atoms with E-state index in [1.165, 1.54) is 0 Å². The topological polar surface area (TPSA) is 54.7 Å². The summed E-state index contributed by atoms with van der Waals surface area (Å²) in [6.07, 6.45) is 3.21. The van der Waals surface area contributed by atoms with E-state index in [0.29, 0.717) is 17.1 Å². The molecule has 0 atom stereocenters. The SMILES string of the molecule is COc1ccc(N=Cc2cccc(-c3ccccc3)c2O)nc1.[Cl][V][Cl]. The molecule has 0 bridgehead atoms. The van der Waals surface area contributed by atoms with Crippen molar-refractivity contribution in [1.82, 2.24) is 4.98 Å². The second kappa shape index (κ2) is 10.9. The molecule has 26 heavy (non-hydrogen) atoms. The molecule has 0 aliphatic rings. The number of aromatic nitrogens is 1. The number of hydrogen-bond acceptors (Lipinski definition) is 4. The summed E-state index contributed by atoms with van der Waals surface area (Å²) in [6.45, 7) is 0. The molecular weight excluding hydrogens is 410 g/mol. The molecule has 0 saturated heterocycles. The third-order valence-electron chi connectivity index (χ3n) is 3.44. The molecule has 0 spiro atoms. The molecule has 0 aliphatic heterocycles. The average Bonchev–Trinajstić information content (AvgIpc) is 2.69. The van der Waals surface area contributed by atoms with E-state index in [1.807, 2.05) is 48.5 Å². The Morgan fingerprint density at radius 2 is 1.77 bits per heavy atom. The third kappa shape index (κ3) is 5.78. The van der Waals surface area contributed by atoms with Gasteiger partial charge >= 0.3 is 34.1 Å². The van der Waals surface area contributed by atoms with Crippen LogP contribution in [0.15, 0.2) is 71.9 Å². The Kier molecular flexibility index (Phi) is 8.52. The minimum absolute atomic E-state index is 0.205. The predicted octanol–water partition coefficient (Wildman–Crippen LogP) is 5.59. The normalized spacial score (nSPS) is 10.1. The van der Waals surface area contributed by atoms with Gasteiger partial charge in [0.25, 0.3) is 0 Å². The first kappa shape index (κ1) is 20.3. The van der Waals surface area contributed by atoms with Crippen LogP contribution in [0.1, 0.15) is 5.56 Å². The molecule has 0 amide bonds. The van der Waals surface area contributed by atoms with Gasteiger partial charge in [-0.05, 0) is 23.8 Å². The summed E-state index contributed by atoms with van der Waals surface area (Å²) in [7, 11) is 11.3. The Morgan fingerprint density at radius 3 is 2.38 bits per heavy atom. The van der Waals surface area contributed by atoms with Gasteiger partial charge in [-0.15, -0.1) is 0 Å². The molecule has 133 valence electrons. The molecule has 0 aliphatic carbocycles. The van der Waals surface area contributed by atoms with E-state index in [1.54, 1.807) is 31.7 Å². The number of benzene rings is 2. The number of phenols is 1. The van der Waals surface area contributed by atoms with E-state index < -0.39 is 0 Å². The fourth-order valence-electron chi connectivity index (χ4n) is 2.22. The average molecular weight is 426 g/mol. The fraction of sp³-hybridized carbons (Fsp3) is 0.0526. The van der Waals surface area contributed by atoms with Gasteiger partial charge in [-0.3, -0.25) is 0 Å². The molecule has 1 N–H and O–H groups in total. The summed E-state index contributed by atoms with van der Waals surface area (Å²) in [4.78, 5) is 8.47. The predicted molar refractivity (Wildman–Crippen MR) is 103 cm³/mol. The Morgan fingerprint density at radius 1 is 1.04 bits per heavy atom. The summed E-state index contributed by atoms with van der Waals surface area (Å²) in [5, 5.41) is 10.5. The van der Waals surface area contributed by atoms with Gasteiger partial charge in [-0.25, -0.2) is 9.98 Å². The van der Waals surface area contributed by atoms with Crippen LogP contribution in [0, 0.1) is 0 Å². The number of halogens is 2. The van der Waals surface area contributed by atoms with Gasteiger partial charge in [0.1, 0.15) is 11.5 Å². The summed E-state index contributed by atoms with van der Waals surface area (Å²) >= 11 is -0.368. The van der Waals surface area contributed by atoms with Crippen molar-refractivity contribution in [2.75, 3.05) is 7.11 Å². The Labute approximate surface area is 167 Å². The number of hydrogen-bond donors (Lipinski definition) is 1. The zero-order chi connectivity index (χ0) is 18.8. The van der Waals surface area contributed by atoms with Crippen molar-refractivity contribution < 1.29 is 24.2 Å². The van der Waals surface area contributed by atoms with E-state index in [9.17, 15) is 5.11 Å². The van der Waals surface area contributed by atoms with Crippen LogP contribution in [0.5, 0.6) is 11.5 Å². The first-order chi connectivity index (χ1) is 12.7. The monoisotopic (exact) mass is 425 g/mol. The van der Waals surface area contributed by atoms with Crippen molar-refractivity contribution >= 4 is 31.7 Å². The second-order valence-corrected chi connectivity index (χ2v) is 7.29. The van der Waals surface area contributed by atoms with Crippen LogP contribution in [0.2, 0.25) is 0 Å². The number of rotatable bonds is 4. The number of para-hydroxylation sites is 1. The Hall–Kier alpha value is -1.98. The van der Waals surface area contributed by atoms with Crippen LogP contribution in [0.25, 0.3) is 11.1 Å². The molecule has 3 rings (SSSR count). The van der Waals surface area contributed by atoms with Gasteiger partial charge in [0, 0.05) is 17.3 Å². The number of aliphatic imine (C=N–C) groups is 1. The maximum absolute atomic E-state index is 10.5. The van der Waals surface area contributed by atoms with E-state index in [2.05, 4.69) is 9.98 Å². The zero-order valence-corrected chi connectivity index (χ0v) is 16.8. The summed E-state index contributed by atoms with van der Waals surface area (Å²) in [5.41, 5.74) is 2.38. The molecule has 1 heterocycles. The van der Waals surface area contributed by atoms with Crippen LogP contribution in [0.3, 0.4) is 0 Å². The van der Waals surface area contributed by atoms with Crippen molar-refractivity contribution in [2.45, 2.75) is 0 Å². The standard InChI is InChI=1S/C19H16N2O2.2ClH.V/c1-23-16-10-11-18(21-13-16)20-12-15-8-5-9-17(19(15)22)14-6-3-2-4-7-14;;;/h2-13,22H,1H3;2*1H;/q;;;+2/p-2. The van der Waals surface area contributed by atoms with E-state index in [0.717, 1.165) is 11.1 Å². The molecule has 2 aromatic carbocycles. The van der Waals surface area contributed by atoms with E-state index in [4.69, 9.17) is 24.4 Å². The Balaban J connectivity index is 0.000000758. The zero-order valence-electron chi connectivity index (χ0n) is 13.9. The quantitative estimate of drug-likeness (QED) is 0.554. The molecule has 0 fully saturated rings.